The van der Waals surface area contributed by atoms with E-state index in [-0.39, 0.29) is 18.4 Å². The largest absolute Gasteiger partial charge is 0.325 e. The molecule has 0 radical (unpaired) electrons. The van der Waals surface area contributed by atoms with Crippen molar-refractivity contribution in [1.82, 2.24) is 5.32 Å². The van der Waals surface area contributed by atoms with E-state index in [1.807, 2.05) is 0 Å². The second-order valence-electron chi connectivity index (χ2n) is 2.17. The molecule has 3 N–H and O–H groups in total. The normalized spacial score (nSPS) is 35.3. The summed E-state index contributed by atoms with van der Waals surface area (Å²) in [6.07, 6.45) is -0.0648. The van der Waals surface area contributed by atoms with Gasteiger partial charge in [-0.15, -0.1) is 12.4 Å². The summed E-state index contributed by atoms with van der Waals surface area (Å²) < 4.78 is 12.4. The summed E-state index contributed by atoms with van der Waals surface area (Å²) in [5.74, 6) is 0. The highest BCUT2D eigenvalue weighted by molar-refractivity contribution is 5.85. The standard InChI is InChI=1S/C5H11FN2.ClH/c6-4-3-8-2-1-5(4)7;/h4-5,8H,1-3,7H2;1H/t4-,5+;/m0./s1. The Morgan fingerprint density at radius 1 is 1.56 bits per heavy atom. The predicted octanol–water partition coefficient (Wildman–Crippen LogP) is 0.0669. The number of hydrogen-bond donors (Lipinski definition) is 2. The Kier molecular flexibility index (Phi) is 4.10. The molecule has 1 rings (SSSR count). The van der Waals surface area contributed by atoms with Crippen LogP contribution in [0.3, 0.4) is 0 Å². The average Bonchev–Trinajstić information content (AvgIpc) is 1.77. The molecule has 0 aromatic heterocycles. The molecule has 0 aliphatic carbocycles. The highest BCUT2D eigenvalue weighted by Gasteiger charge is 2.19. The minimum absolute atomic E-state index is 0. The van der Waals surface area contributed by atoms with Gasteiger partial charge in [-0.2, -0.15) is 0 Å². The van der Waals surface area contributed by atoms with Crippen molar-refractivity contribution < 1.29 is 4.39 Å². The molecule has 0 aromatic carbocycles. The highest BCUT2D eigenvalue weighted by atomic mass is 35.5. The fourth-order valence-corrected chi connectivity index (χ4v) is 0.841. The van der Waals surface area contributed by atoms with E-state index >= 15 is 0 Å². The first-order valence-corrected chi connectivity index (χ1v) is 2.91. The SMILES string of the molecule is Cl.N[C@@H]1CCNC[C@@H]1F. The number of nitrogens with one attached hydrogen (secondary N) is 1. The van der Waals surface area contributed by atoms with Crippen molar-refractivity contribution in [2.24, 2.45) is 5.73 Å². The maximum atomic E-state index is 12.4. The summed E-state index contributed by atoms with van der Waals surface area (Å²) in [4.78, 5) is 0. The third kappa shape index (κ3) is 2.47. The second kappa shape index (κ2) is 4.04. The molecular formula is C5H12ClFN2. The van der Waals surface area contributed by atoms with E-state index in [4.69, 9.17) is 5.73 Å². The van der Waals surface area contributed by atoms with Crippen LogP contribution in [0.15, 0.2) is 0 Å². The van der Waals surface area contributed by atoms with Crippen molar-refractivity contribution in [2.45, 2.75) is 18.6 Å². The van der Waals surface area contributed by atoms with Gasteiger partial charge in [-0.05, 0) is 13.0 Å². The third-order valence-electron chi connectivity index (χ3n) is 1.46. The zero-order valence-corrected chi connectivity index (χ0v) is 5.96. The van der Waals surface area contributed by atoms with Gasteiger partial charge in [0.25, 0.3) is 0 Å². The smallest absolute Gasteiger partial charge is 0.128 e. The Bertz CT molecular complexity index is 71.4. The van der Waals surface area contributed by atoms with Crippen LogP contribution in [-0.2, 0) is 0 Å². The van der Waals surface area contributed by atoms with Crippen molar-refractivity contribution in [3.8, 4) is 0 Å². The van der Waals surface area contributed by atoms with Crippen molar-refractivity contribution in [3.63, 3.8) is 0 Å². The number of halogens is 2. The van der Waals surface area contributed by atoms with Gasteiger partial charge in [-0.3, -0.25) is 0 Å². The average molecular weight is 155 g/mol. The van der Waals surface area contributed by atoms with E-state index in [0.717, 1.165) is 13.0 Å². The fraction of sp³-hybridized carbons (Fsp3) is 1.00. The van der Waals surface area contributed by atoms with E-state index in [2.05, 4.69) is 5.32 Å². The van der Waals surface area contributed by atoms with Crippen LogP contribution in [0, 0.1) is 0 Å². The summed E-state index contributed by atoms with van der Waals surface area (Å²) in [7, 11) is 0. The minimum Gasteiger partial charge on any atom is -0.325 e. The monoisotopic (exact) mass is 154 g/mol. The zero-order valence-electron chi connectivity index (χ0n) is 5.14. The van der Waals surface area contributed by atoms with Crippen LogP contribution in [0.25, 0.3) is 0 Å². The first-order chi connectivity index (χ1) is 3.80. The molecular weight excluding hydrogens is 143 g/mol. The maximum absolute atomic E-state index is 12.4. The molecule has 0 amide bonds. The lowest BCUT2D eigenvalue weighted by molar-refractivity contribution is 0.233. The van der Waals surface area contributed by atoms with Gasteiger partial charge in [-0.1, -0.05) is 0 Å². The van der Waals surface area contributed by atoms with Gasteiger partial charge >= 0.3 is 0 Å². The minimum atomic E-state index is -0.830. The molecule has 1 fully saturated rings. The predicted molar refractivity (Wildman–Crippen MR) is 37.6 cm³/mol. The van der Waals surface area contributed by atoms with Gasteiger partial charge in [0.05, 0.1) is 0 Å². The Hall–Kier alpha value is 0.140. The molecule has 0 spiro atoms. The molecule has 4 heteroatoms. The van der Waals surface area contributed by atoms with Gasteiger partial charge in [-0.25, -0.2) is 4.39 Å². The van der Waals surface area contributed by atoms with E-state index in [9.17, 15) is 4.39 Å². The number of piperidine rings is 1. The van der Waals surface area contributed by atoms with E-state index in [1.165, 1.54) is 0 Å². The first-order valence-electron chi connectivity index (χ1n) is 2.91. The molecule has 2 nitrogen and oxygen atoms in total. The summed E-state index contributed by atoms with van der Waals surface area (Å²) in [5, 5.41) is 2.91. The molecule has 1 aliphatic rings. The van der Waals surface area contributed by atoms with Crippen LogP contribution in [0.1, 0.15) is 6.42 Å². The molecule has 9 heavy (non-hydrogen) atoms. The number of rotatable bonds is 0. The van der Waals surface area contributed by atoms with E-state index in [1.54, 1.807) is 0 Å². The van der Waals surface area contributed by atoms with E-state index < -0.39 is 6.17 Å². The Labute approximate surface area is 60.4 Å². The molecule has 1 aliphatic heterocycles. The Morgan fingerprint density at radius 3 is 2.56 bits per heavy atom. The lowest BCUT2D eigenvalue weighted by atomic mass is 10.1. The Balaban J connectivity index is 0.000000640. The first kappa shape index (κ1) is 9.14. The van der Waals surface area contributed by atoms with Crippen LogP contribution >= 0.6 is 12.4 Å². The summed E-state index contributed by atoms with van der Waals surface area (Å²) in [6.45, 7) is 1.29. The van der Waals surface area contributed by atoms with Crippen molar-refractivity contribution in [1.29, 1.82) is 0 Å². The zero-order chi connectivity index (χ0) is 5.98. The van der Waals surface area contributed by atoms with Gasteiger partial charge in [0.1, 0.15) is 6.17 Å². The van der Waals surface area contributed by atoms with Crippen LogP contribution in [0.5, 0.6) is 0 Å². The molecule has 2 atom stereocenters. The Morgan fingerprint density at radius 2 is 2.22 bits per heavy atom. The third-order valence-corrected chi connectivity index (χ3v) is 1.46. The topological polar surface area (TPSA) is 38.0 Å². The number of nitrogens with two attached hydrogens (primary N) is 1. The molecule has 0 aromatic rings. The van der Waals surface area contributed by atoms with Gasteiger partial charge in [0.2, 0.25) is 0 Å². The van der Waals surface area contributed by atoms with Crippen LogP contribution < -0.4 is 11.1 Å². The van der Waals surface area contributed by atoms with Gasteiger partial charge in [0.15, 0.2) is 0 Å². The van der Waals surface area contributed by atoms with Crippen molar-refractivity contribution in [2.75, 3.05) is 13.1 Å². The molecule has 1 heterocycles. The van der Waals surface area contributed by atoms with Crippen LogP contribution in [0.4, 0.5) is 4.39 Å². The summed E-state index contributed by atoms with van der Waals surface area (Å²) >= 11 is 0. The molecule has 0 saturated carbocycles. The molecule has 56 valence electrons. The molecule has 1 saturated heterocycles. The fourth-order valence-electron chi connectivity index (χ4n) is 0.841. The van der Waals surface area contributed by atoms with E-state index in [0.29, 0.717) is 6.54 Å². The number of alkyl halides is 1. The van der Waals surface area contributed by atoms with Crippen LogP contribution in [-0.4, -0.2) is 25.3 Å². The van der Waals surface area contributed by atoms with Gasteiger partial charge < -0.3 is 11.1 Å². The summed E-state index contributed by atoms with van der Waals surface area (Å²) in [6, 6.07) is -0.226. The lowest BCUT2D eigenvalue weighted by Crippen LogP contribution is -2.46. The quantitative estimate of drug-likeness (QED) is 0.518. The lowest BCUT2D eigenvalue weighted by Gasteiger charge is -2.22. The second-order valence-corrected chi connectivity index (χ2v) is 2.17. The van der Waals surface area contributed by atoms with Crippen molar-refractivity contribution in [3.05, 3.63) is 0 Å². The van der Waals surface area contributed by atoms with Crippen LogP contribution in [0.2, 0.25) is 0 Å². The highest BCUT2D eigenvalue weighted by Crippen LogP contribution is 2.03. The van der Waals surface area contributed by atoms with Gasteiger partial charge in [0, 0.05) is 12.6 Å². The summed E-state index contributed by atoms with van der Waals surface area (Å²) in [5.41, 5.74) is 5.36. The number of hydrogen-bond acceptors (Lipinski definition) is 2. The molecule has 0 bridgehead atoms. The molecule has 0 unspecified atom stereocenters. The van der Waals surface area contributed by atoms with Crippen molar-refractivity contribution >= 4 is 12.4 Å². The maximum Gasteiger partial charge on any atom is 0.128 e.